The summed E-state index contributed by atoms with van der Waals surface area (Å²) < 4.78 is 0. The van der Waals surface area contributed by atoms with Crippen LogP contribution in [-0.4, -0.2) is 17.2 Å². The van der Waals surface area contributed by atoms with Crippen LogP contribution in [-0.2, 0) is 4.79 Å². The highest BCUT2D eigenvalue weighted by atomic mass is 32.2. The molecular weight excluding hydrogens is 234 g/mol. The van der Waals surface area contributed by atoms with Crippen molar-refractivity contribution in [3.05, 3.63) is 23.8 Å². The van der Waals surface area contributed by atoms with E-state index < -0.39 is 0 Å². The summed E-state index contributed by atoms with van der Waals surface area (Å²) in [7, 11) is 0. The minimum absolute atomic E-state index is 0.0436. The normalized spacial score (nSPS) is 22.6. The van der Waals surface area contributed by atoms with E-state index >= 15 is 0 Å². The summed E-state index contributed by atoms with van der Waals surface area (Å²) in [6.45, 7) is 0. The Morgan fingerprint density at radius 1 is 1.41 bits per heavy atom. The molecule has 1 saturated carbocycles. The molecule has 1 fully saturated rings. The van der Waals surface area contributed by atoms with Crippen LogP contribution >= 0.6 is 11.8 Å². The standard InChI is InChI=1S/C12H15N3OS/c13-11(12(14)3-4-12)7-1-2-9-8(5-7)15-10(16)6-17-9/h1-2,5,11H,3-4,6,13-14H2,(H,15,16). The zero-order valence-electron chi connectivity index (χ0n) is 9.40. The lowest BCUT2D eigenvalue weighted by Gasteiger charge is -2.22. The monoisotopic (exact) mass is 249 g/mol. The summed E-state index contributed by atoms with van der Waals surface area (Å²) in [6.07, 6.45) is 1.96. The van der Waals surface area contributed by atoms with Crippen LogP contribution in [0.3, 0.4) is 0 Å². The summed E-state index contributed by atoms with van der Waals surface area (Å²) in [5, 5.41) is 2.87. The number of carbonyl (C=O) groups is 1. The van der Waals surface area contributed by atoms with E-state index in [1.54, 1.807) is 11.8 Å². The smallest absolute Gasteiger partial charge is 0.234 e. The predicted octanol–water partition coefficient (Wildman–Crippen LogP) is 1.22. The topological polar surface area (TPSA) is 81.1 Å². The first kappa shape index (κ1) is 11.1. The molecule has 1 aliphatic carbocycles. The van der Waals surface area contributed by atoms with E-state index in [9.17, 15) is 4.79 Å². The highest BCUT2D eigenvalue weighted by Crippen LogP contribution is 2.43. The molecule has 17 heavy (non-hydrogen) atoms. The Hall–Kier alpha value is -1.04. The highest BCUT2D eigenvalue weighted by Gasteiger charge is 2.44. The summed E-state index contributed by atoms with van der Waals surface area (Å²) in [6, 6.07) is 5.84. The average Bonchev–Trinajstić information content (AvgIpc) is 3.06. The average molecular weight is 249 g/mol. The number of thioether (sulfide) groups is 1. The number of rotatable bonds is 2. The van der Waals surface area contributed by atoms with Gasteiger partial charge in [0.2, 0.25) is 5.91 Å². The number of nitrogens with two attached hydrogens (primary N) is 2. The Morgan fingerprint density at radius 2 is 2.18 bits per heavy atom. The Bertz CT molecular complexity index is 485. The quantitative estimate of drug-likeness (QED) is 0.736. The van der Waals surface area contributed by atoms with E-state index in [0.717, 1.165) is 29.0 Å². The fourth-order valence-electron chi connectivity index (χ4n) is 2.08. The van der Waals surface area contributed by atoms with Crippen molar-refractivity contribution in [1.82, 2.24) is 0 Å². The molecule has 1 unspecified atom stereocenters. The van der Waals surface area contributed by atoms with Crippen LogP contribution in [0.25, 0.3) is 0 Å². The van der Waals surface area contributed by atoms with Crippen LogP contribution < -0.4 is 16.8 Å². The number of anilines is 1. The van der Waals surface area contributed by atoms with Crippen molar-refractivity contribution in [3.8, 4) is 0 Å². The second-order valence-electron chi connectivity index (χ2n) is 4.80. The molecule has 1 aromatic rings. The summed E-state index contributed by atoms with van der Waals surface area (Å²) in [5.41, 5.74) is 13.9. The summed E-state index contributed by atoms with van der Waals surface area (Å²) >= 11 is 1.56. The molecule has 1 aliphatic heterocycles. The molecule has 0 saturated heterocycles. The molecule has 0 spiro atoms. The first-order valence-electron chi connectivity index (χ1n) is 5.69. The molecule has 1 amide bonds. The van der Waals surface area contributed by atoms with E-state index in [1.165, 1.54) is 0 Å². The predicted molar refractivity (Wildman–Crippen MR) is 68.9 cm³/mol. The number of amides is 1. The number of hydrogen-bond acceptors (Lipinski definition) is 4. The molecule has 1 heterocycles. The fraction of sp³-hybridized carbons (Fsp3) is 0.417. The van der Waals surface area contributed by atoms with Gasteiger partial charge in [0.25, 0.3) is 0 Å². The van der Waals surface area contributed by atoms with Crippen molar-refractivity contribution in [1.29, 1.82) is 0 Å². The van der Waals surface area contributed by atoms with Gasteiger partial charge in [-0.1, -0.05) is 6.07 Å². The van der Waals surface area contributed by atoms with Crippen LogP contribution in [0.2, 0.25) is 0 Å². The summed E-state index contributed by atoms with van der Waals surface area (Å²) in [4.78, 5) is 12.4. The molecule has 1 aromatic carbocycles. The van der Waals surface area contributed by atoms with E-state index in [-0.39, 0.29) is 17.5 Å². The van der Waals surface area contributed by atoms with Gasteiger partial charge in [-0.3, -0.25) is 4.79 Å². The van der Waals surface area contributed by atoms with E-state index in [4.69, 9.17) is 11.5 Å². The fourth-order valence-corrected chi connectivity index (χ4v) is 2.87. The largest absolute Gasteiger partial charge is 0.324 e. The molecule has 0 radical (unpaired) electrons. The second-order valence-corrected chi connectivity index (χ2v) is 5.82. The number of nitrogens with one attached hydrogen (secondary N) is 1. The Labute approximate surface area is 104 Å². The third-order valence-corrected chi connectivity index (χ3v) is 4.52. The molecule has 0 bridgehead atoms. The molecule has 3 rings (SSSR count). The summed E-state index contributed by atoms with van der Waals surface area (Å²) in [5.74, 6) is 0.529. The lowest BCUT2D eigenvalue weighted by Crippen LogP contribution is -2.36. The van der Waals surface area contributed by atoms with Gasteiger partial charge >= 0.3 is 0 Å². The minimum Gasteiger partial charge on any atom is -0.324 e. The van der Waals surface area contributed by atoms with Crippen molar-refractivity contribution in [2.24, 2.45) is 11.5 Å². The first-order chi connectivity index (χ1) is 8.08. The van der Waals surface area contributed by atoms with Crippen molar-refractivity contribution < 1.29 is 4.79 Å². The van der Waals surface area contributed by atoms with Crippen molar-refractivity contribution >= 4 is 23.4 Å². The van der Waals surface area contributed by atoms with Crippen LogP contribution in [0.1, 0.15) is 24.4 Å². The van der Waals surface area contributed by atoms with Gasteiger partial charge in [0.05, 0.1) is 11.4 Å². The van der Waals surface area contributed by atoms with Gasteiger partial charge in [-0.15, -0.1) is 11.8 Å². The zero-order chi connectivity index (χ0) is 12.0. The number of carbonyl (C=O) groups excluding carboxylic acids is 1. The first-order valence-corrected chi connectivity index (χ1v) is 6.68. The molecule has 5 N–H and O–H groups in total. The van der Waals surface area contributed by atoms with Gasteiger partial charge in [-0.2, -0.15) is 0 Å². The molecular formula is C12H15N3OS. The van der Waals surface area contributed by atoms with Gasteiger partial charge < -0.3 is 16.8 Å². The van der Waals surface area contributed by atoms with Gasteiger partial charge in [0, 0.05) is 16.5 Å². The molecule has 2 aliphatic rings. The Morgan fingerprint density at radius 3 is 2.88 bits per heavy atom. The molecule has 4 nitrogen and oxygen atoms in total. The lowest BCUT2D eigenvalue weighted by molar-refractivity contribution is -0.113. The number of benzene rings is 1. The van der Waals surface area contributed by atoms with Crippen molar-refractivity contribution in [2.45, 2.75) is 29.3 Å². The minimum atomic E-state index is -0.236. The van der Waals surface area contributed by atoms with Crippen LogP contribution in [0.5, 0.6) is 0 Å². The molecule has 0 aromatic heterocycles. The maximum absolute atomic E-state index is 11.3. The van der Waals surface area contributed by atoms with Gasteiger partial charge in [-0.25, -0.2) is 0 Å². The van der Waals surface area contributed by atoms with Crippen LogP contribution in [0.4, 0.5) is 5.69 Å². The van der Waals surface area contributed by atoms with Crippen molar-refractivity contribution in [3.63, 3.8) is 0 Å². The maximum Gasteiger partial charge on any atom is 0.234 e. The van der Waals surface area contributed by atoms with Crippen molar-refractivity contribution in [2.75, 3.05) is 11.1 Å². The highest BCUT2D eigenvalue weighted by molar-refractivity contribution is 8.00. The third-order valence-electron chi connectivity index (χ3n) is 3.44. The van der Waals surface area contributed by atoms with Gasteiger partial charge in [-0.05, 0) is 30.5 Å². The number of fused-ring (bicyclic) bond motifs is 1. The number of hydrogen-bond donors (Lipinski definition) is 3. The Balaban J connectivity index is 1.92. The third kappa shape index (κ3) is 1.94. The van der Waals surface area contributed by atoms with E-state index in [1.807, 2.05) is 18.2 Å². The van der Waals surface area contributed by atoms with E-state index in [2.05, 4.69) is 5.32 Å². The SMILES string of the molecule is NC(c1ccc2c(c1)NC(=O)CS2)C1(N)CC1. The van der Waals surface area contributed by atoms with Crippen LogP contribution in [0, 0.1) is 0 Å². The van der Waals surface area contributed by atoms with E-state index in [0.29, 0.717) is 5.75 Å². The zero-order valence-corrected chi connectivity index (χ0v) is 10.2. The van der Waals surface area contributed by atoms with Gasteiger partial charge in [0.1, 0.15) is 0 Å². The van der Waals surface area contributed by atoms with Gasteiger partial charge in [0.15, 0.2) is 0 Å². The second kappa shape index (κ2) is 3.73. The molecule has 5 heteroatoms. The lowest BCUT2D eigenvalue weighted by atomic mass is 9.98. The van der Waals surface area contributed by atoms with Crippen LogP contribution in [0.15, 0.2) is 23.1 Å². The molecule has 1 atom stereocenters. The Kier molecular flexibility index (Phi) is 2.43. The maximum atomic E-state index is 11.3. The molecule has 90 valence electrons.